The molecule has 5 heteroatoms. The van der Waals surface area contributed by atoms with Crippen LogP contribution < -0.4 is 4.74 Å². The van der Waals surface area contributed by atoms with E-state index in [0.717, 1.165) is 25.3 Å². The molecule has 0 saturated carbocycles. The van der Waals surface area contributed by atoms with Gasteiger partial charge in [0.05, 0.1) is 0 Å². The first-order valence-electron chi connectivity index (χ1n) is 11.7. The third-order valence-corrected chi connectivity index (χ3v) is 6.51. The van der Waals surface area contributed by atoms with Crippen molar-refractivity contribution in [2.24, 2.45) is 0 Å². The van der Waals surface area contributed by atoms with Gasteiger partial charge in [0.2, 0.25) is 0 Å². The summed E-state index contributed by atoms with van der Waals surface area (Å²) < 4.78 is 7.36. The zero-order valence-corrected chi connectivity index (χ0v) is 20.6. The molecule has 0 amide bonds. The van der Waals surface area contributed by atoms with E-state index in [4.69, 9.17) is 9.84 Å². The van der Waals surface area contributed by atoms with E-state index < -0.39 is 5.97 Å². The lowest BCUT2D eigenvalue weighted by molar-refractivity contribution is -0.131. The minimum absolute atomic E-state index is 0.108. The molecule has 1 fully saturated rings. The number of aliphatic carboxylic acids is 1. The standard InChI is InChI=1S/C25H38INO3/c1-2-3-4-5-6-7-8-9-10-11-18-27-20-24(19-22(27)14-17-25(28)29)30-23-15-12-21(26)13-16-23/h12-17,22,24H,2-11,18-20H2,1H3,(H,28,29)/t22-,24+/m1/s1. The number of likely N-dealkylation sites (tertiary alicyclic amines) is 1. The largest absolute Gasteiger partial charge is 0.489 e. The molecule has 0 unspecified atom stereocenters. The zero-order chi connectivity index (χ0) is 21.6. The van der Waals surface area contributed by atoms with Crippen molar-refractivity contribution in [3.63, 3.8) is 0 Å². The molecule has 0 aliphatic carbocycles. The molecule has 1 heterocycles. The van der Waals surface area contributed by atoms with E-state index >= 15 is 0 Å². The van der Waals surface area contributed by atoms with Crippen molar-refractivity contribution in [1.29, 1.82) is 0 Å². The van der Waals surface area contributed by atoms with Gasteiger partial charge in [-0.1, -0.05) is 70.8 Å². The Balaban J connectivity index is 1.70. The molecule has 1 aromatic carbocycles. The lowest BCUT2D eigenvalue weighted by atomic mass is 10.1. The number of halogens is 1. The highest BCUT2D eigenvalue weighted by Gasteiger charge is 2.31. The van der Waals surface area contributed by atoms with Gasteiger partial charge in [0.25, 0.3) is 0 Å². The molecule has 0 radical (unpaired) electrons. The van der Waals surface area contributed by atoms with Crippen molar-refractivity contribution in [3.05, 3.63) is 40.0 Å². The third-order valence-electron chi connectivity index (χ3n) is 5.79. The molecular formula is C25H38INO3. The average Bonchev–Trinajstić information content (AvgIpc) is 3.11. The molecule has 1 saturated heterocycles. The smallest absolute Gasteiger partial charge is 0.328 e. The molecule has 1 N–H and O–H groups in total. The summed E-state index contributed by atoms with van der Waals surface area (Å²) in [6, 6.07) is 8.26. The van der Waals surface area contributed by atoms with Gasteiger partial charge >= 0.3 is 5.97 Å². The van der Waals surface area contributed by atoms with Crippen LogP contribution in [0.1, 0.15) is 77.6 Å². The summed E-state index contributed by atoms with van der Waals surface area (Å²) >= 11 is 2.29. The summed E-state index contributed by atoms with van der Waals surface area (Å²) in [6.07, 6.45) is 17.3. The fourth-order valence-corrected chi connectivity index (χ4v) is 4.49. The number of unbranched alkanes of at least 4 members (excludes halogenated alkanes) is 9. The fourth-order valence-electron chi connectivity index (χ4n) is 4.13. The van der Waals surface area contributed by atoms with Crippen molar-refractivity contribution < 1.29 is 14.6 Å². The molecular weight excluding hydrogens is 489 g/mol. The second-order valence-corrected chi connectivity index (χ2v) is 9.62. The first kappa shape index (κ1) is 25.2. The summed E-state index contributed by atoms with van der Waals surface area (Å²) in [7, 11) is 0. The van der Waals surface area contributed by atoms with Crippen molar-refractivity contribution >= 4 is 28.6 Å². The number of ether oxygens (including phenoxy) is 1. The molecule has 0 spiro atoms. The van der Waals surface area contributed by atoms with Crippen LogP contribution in [0, 0.1) is 3.57 Å². The van der Waals surface area contributed by atoms with Crippen LogP contribution in [0.5, 0.6) is 5.75 Å². The Bertz CT molecular complexity index is 632. The highest BCUT2D eigenvalue weighted by atomic mass is 127. The zero-order valence-electron chi connectivity index (χ0n) is 18.4. The average molecular weight is 527 g/mol. The topological polar surface area (TPSA) is 49.8 Å². The van der Waals surface area contributed by atoms with Crippen molar-refractivity contribution in [2.75, 3.05) is 13.1 Å². The Kier molecular flexibility index (Phi) is 12.5. The summed E-state index contributed by atoms with van der Waals surface area (Å²) in [4.78, 5) is 13.4. The number of carboxylic acid groups (broad SMARTS) is 1. The Labute approximate surface area is 196 Å². The summed E-state index contributed by atoms with van der Waals surface area (Å²) in [6.45, 7) is 4.13. The third kappa shape index (κ3) is 10.3. The Hall–Kier alpha value is -1.08. The molecule has 4 nitrogen and oxygen atoms in total. The highest BCUT2D eigenvalue weighted by molar-refractivity contribution is 14.1. The first-order valence-corrected chi connectivity index (χ1v) is 12.7. The predicted molar refractivity (Wildman–Crippen MR) is 132 cm³/mol. The van der Waals surface area contributed by atoms with Gasteiger partial charge in [-0.25, -0.2) is 4.79 Å². The Morgan fingerprint density at radius 1 is 1.07 bits per heavy atom. The second-order valence-electron chi connectivity index (χ2n) is 8.37. The van der Waals surface area contributed by atoms with E-state index in [2.05, 4.69) is 34.4 Å². The number of nitrogens with zero attached hydrogens (tertiary/aromatic N) is 1. The van der Waals surface area contributed by atoms with Crippen LogP contribution >= 0.6 is 22.6 Å². The molecule has 0 bridgehead atoms. The van der Waals surface area contributed by atoms with Crippen LogP contribution in [0.4, 0.5) is 0 Å². The van der Waals surface area contributed by atoms with E-state index in [9.17, 15) is 4.79 Å². The molecule has 1 aromatic rings. The van der Waals surface area contributed by atoms with Crippen LogP contribution in [-0.4, -0.2) is 41.2 Å². The molecule has 0 aromatic heterocycles. The number of carboxylic acids is 1. The van der Waals surface area contributed by atoms with Gasteiger partial charge in [-0.3, -0.25) is 4.90 Å². The van der Waals surface area contributed by atoms with Crippen molar-refractivity contribution in [3.8, 4) is 5.75 Å². The molecule has 1 aliphatic rings. The minimum atomic E-state index is -0.879. The van der Waals surface area contributed by atoms with Crippen molar-refractivity contribution in [2.45, 2.75) is 89.7 Å². The molecule has 168 valence electrons. The van der Waals surface area contributed by atoms with E-state index in [1.54, 1.807) is 0 Å². The van der Waals surface area contributed by atoms with Gasteiger partial charge in [-0.05, 0) is 59.8 Å². The van der Waals surface area contributed by atoms with Gasteiger partial charge in [0.1, 0.15) is 11.9 Å². The van der Waals surface area contributed by atoms with Crippen molar-refractivity contribution in [1.82, 2.24) is 4.90 Å². The number of rotatable bonds is 15. The maximum absolute atomic E-state index is 11.0. The van der Waals surface area contributed by atoms with Gasteiger partial charge < -0.3 is 9.84 Å². The number of hydrogen-bond donors (Lipinski definition) is 1. The Morgan fingerprint density at radius 2 is 1.67 bits per heavy atom. The minimum Gasteiger partial charge on any atom is -0.489 e. The molecule has 30 heavy (non-hydrogen) atoms. The normalized spacial score (nSPS) is 19.5. The van der Waals surface area contributed by atoms with E-state index in [1.807, 2.05) is 30.3 Å². The highest BCUT2D eigenvalue weighted by Crippen LogP contribution is 2.25. The molecule has 1 aliphatic heterocycles. The summed E-state index contributed by atoms with van der Waals surface area (Å²) in [5.41, 5.74) is 0. The van der Waals surface area contributed by atoms with E-state index in [1.165, 1.54) is 73.9 Å². The summed E-state index contributed by atoms with van der Waals surface area (Å²) in [5, 5.41) is 9.01. The quantitative estimate of drug-likeness (QED) is 0.157. The summed E-state index contributed by atoms with van der Waals surface area (Å²) in [5.74, 6) is 0.0121. The number of benzene rings is 1. The number of carbonyl (C=O) groups is 1. The maximum Gasteiger partial charge on any atom is 0.328 e. The Morgan fingerprint density at radius 3 is 2.27 bits per heavy atom. The first-order chi connectivity index (χ1) is 14.6. The van der Waals surface area contributed by atoms with E-state index in [0.29, 0.717) is 0 Å². The molecule has 2 rings (SSSR count). The molecule has 2 atom stereocenters. The second kappa shape index (κ2) is 14.8. The van der Waals surface area contributed by atoms with Crippen LogP contribution in [-0.2, 0) is 4.79 Å². The van der Waals surface area contributed by atoms with Gasteiger partial charge in [-0.15, -0.1) is 0 Å². The SMILES string of the molecule is CCCCCCCCCCCCN1C[C@@H](Oc2ccc(I)cc2)C[C@H]1C=CC(=O)O. The fraction of sp³-hybridized carbons (Fsp3) is 0.640. The van der Waals surface area contributed by atoms with Gasteiger partial charge in [0, 0.05) is 28.7 Å². The lowest BCUT2D eigenvalue weighted by Gasteiger charge is -2.21. The van der Waals surface area contributed by atoms with Gasteiger partial charge in [-0.2, -0.15) is 0 Å². The van der Waals surface area contributed by atoms with Crippen LogP contribution in [0.15, 0.2) is 36.4 Å². The van der Waals surface area contributed by atoms with Gasteiger partial charge in [0.15, 0.2) is 0 Å². The lowest BCUT2D eigenvalue weighted by Crippen LogP contribution is -2.30. The maximum atomic E-state index is 11.0. The van der Waals surface area contributed by atoms with Crippen LogP contribution in [0.2, 0.25) is 0 Å². The van der Waals surface area contributed by atoms with E-state index in [-0.39, 0.29) is 12.1 Å². The van der Waals surface area contributed by atoms with Crippen LogP contribution in [0.3, 0.4) is 0 Å². The predicted octanol–water partition coefficient (Wildman–Crippen LogP) is 6.67. The van der Waals surface area contributed by atoms with Crippen LogP contribution in [0.25, 0.3) is 0 Å². The number of hydrogen-bond acceptors (Lipinski definition) is 3. The monoisotopic (exact) mass is 527 g/mol.